The van der Waals surface area contributed by atoms with Crippen molar-refractivity contribution in [3.8, 4) is 5.75 Å². The maximum absolute atomic E-state index is 12.6. The molecule has 1 N–H and O–H groups in total. The number of hydroxylamine groups is 2. The minimum atomic E-state index is -5.32. The second-order valence-corrected chi connectivity index (χ2v) is 8.39. The summed E-state index contributed by atoms with van der Waals surface area (Å²) in [5.41, 5.74) is 1.01. The Labute approximate surface area is 204 Å². The molecule has 0 aromatic heterocycles. The topological polar surface area (TPSA) is 110 Å². The van der Waals surface area contributed by atoms with Gasteiger partial charge >= 0.3 is 24.3 Å². The Morgan fingerprint density at radius 3 is 2.61 bits per heavy atom. The molecule has 0 bridgehead atoms. The van der Waals surface area contributed by atoms with Crippen LogP contribution in [0.25, 0.3) is 6.08 Å². The molecule has 3 heterocycles. The van der Waals surface area contributed by atoms with Crippen LogP contribution < -0.4 is 10.1 Å². The molecule has 2 atom stereocenters. The Balaban J connectivity index is 1.29. The number of fused-ring (bicyclic) bond motifs is 1. The highest BCUT2D eigenvalue weighted by Gasteiger charge is 2.53. The molecule has 11 nitrogen and oxygen atoms in total. The van der Waals surface area contributed by atoms with Gasteiger partial charge in [-0.15, -0.1) is 0 Å². The number of piperazine rings is 1. The number of hydrogen-bond donors (Lipinski definition) is 1. The van der Waals surface area contributed by atoms with Gasteiger partial charge in [-0.3, -0.25) is 4.90 Å². The van der Waals surface area contributed by atoms with Crippen LogP contribution in [0.15, 0.2) is 42.4 Å². The van der Waals surface area contributed by atoms with Gasteiger partial charge in [0.25, 0.3) is 0 Å². The van der Waals surface area contributed by atoms with E-state index in [0.717, 1.165) is 44.5 Å². The number of hydrogen-bond acceptors (Lipinski definition) is 10. The van der Waals surface area contributed by atoms with Crippen molar-refractivity contribution in [3.63, 3.8) is 0 Å². The van der Waals surface area contributed by atoms with Crippen molar-refractivity contribution < 1.29 is 37.2 Å². The minimum absolute atomic E-state index is 0.0530. The molecule has 2 saturated heterocycles. The smallest absolute Gasteiger partial charge is 0.491 e. The molecule has 36 heavy (non-hydrogen) atoms. The summed E-state index contributed by atoms with van der Waals surface area (Å²) in [6, 6.07) is 7.38. The summed E-state index contributed by atoms with van der Waals surface area (Å²) in [7, 11) is 0. The fourth-order valence-electron chi connectivity index (χ4n) is 3.94. The normalized spacial score (nSPS) is 22.9. The van der Waals surface area contributed by atoms with Crippen LogP contribution in [0.2, 0.25) is 0 Å². The molecule has 0 amide bonds. The predicted molar refractivity (Wildman–Crippen MR) is 119 cm³/mol. The Morgan fingerprint density at radius 1 is 1.22 bits per heavy atom. The summed E-state index contributed by atoms with van der Waals surface area (Å²) in [6.07, 6.45) is -1.81. The zero-order chi connectivity index (χ0) is 25.7. The van der Waals surface area contributed by atoms with Gasteiger partial charge in [0.2, 0.25) is 0 Å². The quantitative estimate of drug-likeness (QED) is 0.408. The lowest BCUT2D eigenvalue weighted by Crippen LogP contribution is -2.51. The van der Waals surface area contributed by atoms with Gasteiger partial charge in [-0.05, 0) is 34.1 Å². The number of nitro groups is 1. The van der Waals surface area contributed by atoms with Gasteiger partial charge in [0, 0.05) is 39.3 Å². The zero-order valence-corrected chi connectivity index (χ0v) is 19.2. The highest BCUT2D eigenvalue weighted by atomic mass is 19.4. The van der Waals surface area contributed by atoms with Gasteiger partial charge in [-0.1, -0.05) is 24.3 Å². The van der Waals surface area contributed by atoms with E-state index in [9.17, 15) is 28.1 Å². The lowest BCUT2D eigenvalue weighted by Gasteiger charge is -2.34. The molecule has 4 rings (SSSR count). The van der Waals surface area contributed by atoms with Crippen LogP contribution in [0.3, 0.4) is 0 Å². The first-order valence-electron chi connectivity index (χ1n) is 11.4. The van der Waals surface area contributed by atoms with Crippen molar-refractivity contribution in [2.45, 2.75) is 25.1 Å². The van der Waals surface area contributed by atoms with Crippen molar-refractivity contribution in [3.05, 3.63) is 58.0 Å². The maximum atomic E-state index is 12.6. The summed E-state index contributed by atoms with van der Waals surface area (Å²) in [6.45, 7) is 5.18. The number of alkyl halides is 3. The molecular formula is C22H26F3N5O6. The summed E-state index contributed by atoms with van der Waals surface area (Å²) in [5.74, 6) is -2.85. The molecule has 14 heteroatoms. The first kappa shape index (κ1) is 25.7. The Kier molecular flexibility index (Phi) is 7.96. The SMILES string of the molecule is O=C(ON1C([N+](=O)[O-])=CN2CC[C@H](COc3ccc(C=CCN4CCNCC4)cc3)OC21)C(F)(F)F. The number of carbonyl (C=O) groups is 1. The van der Waals surface area contributed by atoms with E-state index in [4.69, 9.17) is 9.47 Å². The summed E-state index contributed by atoms with van der Waals surface area (Å²) >= 11 is 0. The molecule has 1 aromatic rings. The molecule has 0 aliphatic carbocycles. The van der Waals surface area contributed by atoms with Gasteiger partial charge < -0.3 is 29.8 Å². The maximum Gasteiger partial charge on any atom is 0.495 e. The standard InChI is InChI=1S/C22H26F3N5O6/c23-22(24,25)20(31)36-29-19(30(32)33)14-28-11-7-18(35-21(28)29)15-34-17-5-3-16(4-6-17)2-1-10-27-12-8-26-9-13-27/h1-6,14,18,21,26H,7-13,15H2/t18-,21?/m1/s1. The van der Waals surface area contributed by atoms with Crippen molar-refractivity contribution in [2.75, 3.05) is 45.9 Å². The fraction of sp³-hybridized carbons (Fsp3) is 0.500. The molecule has 2 fully saturated rings. The average Bonchev–Trinajstić information content (AvgIpc) is 3.21. The van der Waals surface area contributed by atoms with E-state index in [-0.39, 0.29) is 18.2 Å². The summed E-state index contributed by atoms with van der Waals surface area (Å²) in [4.78, 5) is 29.5. The van der Waals surface area contributed by atoms with Gasteiger partial charge in [-0.2, -0.15) is 13.2 Å². The van der Waals surface area contributed by atoms with Gasteiger partial charge in [-0.25, -0.2) is 9.63 Å². The van der Waals surface area contributed by atoms with E-state index in [0.29, 0.717) is 12.2 Å². The Bertz CT molecular complexity index is 997. The van der Waals surface area contributed by atoms with Crippen LogP contribution in [0, 0.1) is 10.1 Å². The Morgan fingerprint density at radius 2 is 1.94 bits per heavy atom. The molecule has 0 radical (unpaired) electrons. The van der Waals surface area contributed by atoms with Crippen LogP contribution in [-0.2, 0) is 14.4 Å². The number of halogens is 3. The second kappa shape index (κ2) is 11.1. The monoisotopic (exact) mass is 513 g/mol. The number of nitrogens with zero attached hydrogens (tertiary/aromatic N) is 4. The predicted octanol–water partition coefficient (Wildman–Crippen LogP) is 1.77. The van der Waals surface area contributed by atoms with Crippen LogP contribution in [0.1, 0.15) is 12.0 Å². The third kappa shape index (κ3) is 6.44. The lowest BCUT2D eigenvalue weighted by molar-refractivity contribution is -0.473. The number of carbonyl (C=O) groups excluding carboxylic acids is 1. The molecule has 0 spiro atoms. The largest absolute Gasteiger partial charge is 0.495 e. The van der Waals surface area contributed by atoms with Crippen molar-refractivity contribution in [1.82, 2.24) is 20.2 Å². The van der Waals surface area contributed by atoms with Crippen LogP contribution in [0.5, 0.6) is 5.75 Å². The third-order valence-corrected chi connectivity index (χ3v) is 5.81. The number of benzene rings is 1. The lowest BCUT2D eigenvalue weighted by atomic mass is 10.2. The first-order valence-corrected chi connectivity index (χ1v) is 11.4. The molecule has 1 aromatic carbocycles. The zero-order valence-electron chi connectivity index (χ0n) is 19.2. The van der Waals surface area contributed by atoms with Crippen molar-refractivity contribution >= 4 is 12.0 Å². The third-order valence-electron chi connectivity index (χ3n) is 5.81. The number of rotatable bonds is 8. The minimum Gasteiger partial charge on any atom is -0.491 e. The molecule has 0 saturated carbocycles. The highest BCUT2D eigenvalue weighted by molar-refractivity contribution is 5.75. The molecule has 3 aliphatic heterocycles. The number of nitrogens with one attached hydrogen (secondary N) is 1. The molecule has 196 valence electrons. The van der Waals surface area contributed by atoms with Crippen LogP contribution in [-0.4, -0.2) is 90.3 Å². The average molecular weight is 513 g/mol. The van der Waals surface area contributed by atoms with E-state index in [2.05, 4.69) is 21.1 Å². The van der Waals surface area contributed by atoms with E-state index in [1.54, 1.807) is 12.1 Å². The van der Waals surface area contributed by atoms with Gasteiger partial charge in [0.05, 0.1) is 6.10 Å². The van der Waals surface area contributed by atoms with Crippen molar-refractivity contribution in [1.29, 1.82) is 0 Å². The molecule has 3 aliphatic rings. The summed E-state index contributed by atoms with van der Waals surface area (Å²) in [5, 5.41) is 14.8. The highest BCUT2D eigenvalue weighted by Crippen LogP contribution is 2.31. The van der Waals surface area contributed by atoms with Crippen LogP contribution in [0.4, 0.5) is 13.2 Å². The van der Waals surface area contributed by atoms with E-state index in [1.165, 1.54) is 4.90 Å². The van der Waals surface area contributed by atoms with Gasteiger partial charge in [0.1, 0.15) is 18.6 Å². The molecular weight excluding hydrogens is 487 g/mol. The van der Waals surface area contributed by atoms with Gasteiger partial charge in [0.15, 0.2) is 0 Å². The first-order chi connectivity index (χ1) is 17.2. The fourth-order valence-corrected chi connectivity index (χ4v) is 3.94. The van der Waals surface area contributed by atoms with Crippen LogP contribution >= 0.6 is 0 Å². The van der Waals surface area contributed by atoms with E-state index < -0.39 is 35.3 Å². The number of ether oxygens (including phenoxy) is 2. The van der Waals surface area contributed by atoms with Crippen molar-refractivity contribution in [2.24, 2.45) is 0 Å². The van der Waals surface area contributed by atoms with E-state index in [1.807, 2.05) is 18.2 Å². The molecule has 1 unspecified atom stereocenters. The van der Waals surface area contributed by atoms with E-state index >= 15 is 0 Å². The second-order valence-electron chi connectivity index (χ2n) is 8.39. The summed E-state index contributed by atoms with van der Waals surface area (Å²) < 4.78 is 49.4. The Hall–Kier alpha value is -3.36.